The fraction of sp³-hybridized carbons (Fsp3) is 0.500. The molecule has 178 valence electrons. The third kappa shape index (κ3) is 5.35. The first kappa shape index (κ1) is 24.3. The van der Waals surface area contributed by atoms with Crippen molar-refractivity contribution in [3.8, 4) is 0 Å². The molecule has 0 aliphatic carbocycles. The van der Waals surface area contributed by atoms with Crippen molar-refractivity contribution in [3.05, 3.63) is 46.5 Å². The van der Waals surface area contributed by atoms with Crippen LogP contribution < -0.4 is 5.32 Å². The van der Waals surface area contributed by atoms with Gasteiger partial charge in [-0.3, -0.25) is 14.3 Å². The minimum Gasteiger partial charge on any atom is -0.462 e. The minimum absolute atomic E-state index is 0.0182. The quantitative estimate of drug-likeness (QED) is 0.511. The lowest BCUT2D eigenvalue weighted by atomic mass is 10.0. The van der Waals surface area contributed by atoms with Gasteiger partial charge in [-0.25, -0.2) is 4.79 Å². The Morgan fingerprint density at radius 2 is 1.88 bits per heavy atom. The Bertz CT molecular complexity index is 1060. The molecule has 0 unspecified atom stereocenters. The maximum Gasteiger partial charge on any atom is 0.340 e. The van der Waals surface area contributed by atoms with E-state index in [-0.39, 0.29) is 23.8 Å². The summed E-state index contributed by atoms with van der Waals surface area (Å²) in [7, 11) is 1.77. The van der Waals surface area contributed by atoms with E-state index in [4.69, 9.17) is 4.74 Å². The number of piperidine rings is 1. The number of hydrogen-bond acceptors (Lipinski definition) is 5. The molecule has 0 bridgehead atoms. The Balaban J connectivity index is 1.64. The molecule has 9 nitrogen and oxygen atoms in total. The van der Waals surface area contributed by atoms with Crippen molar-refractivity contribution in [1.82, 2.24) is 24.6 Å². The summed E-state index contributed by atoms with van der Waals surface area (Å²) < 4.78 is 8.88. The van der Waals surface area contributed by atoms with Gasteiger partial charge in [0.1, 0.15) is 0 Å². The SMILES string of the molecule is CCOC(=O)c1c(/C=C/C(=O)N2CCC(NC(=O)c3cnn(C)c3)CC2)c(C)n(CC)c1C. The van der Waals surface area contributed by atoms with Gasteiger partial charge in [0.05, 0.1) is 23.9 Å². The molecule has 1 fully saturated rings. The van der Waals surface area contributed by atoms with Gasteiger partial charge < -0.3 is 19.5 Å². The lowest BCUT2D eigenvalue weighted by Crippen LogP contribution is -2.46. The Morgan fingerprint density at radius 1 is 1.18 bits per heavy atom. The molecule has 33 heavy (non-hydrogen) atoms. The topological polar surface area (TPSA) is 98.5 Å². The van der Waals surface area contributed by atoms with Crippen LogP contribution in [0.25, 0.3) is 6.08 Å². The van der Waals surface area contributed by atoms with Gasteiger partial charge in [0, 0.05) is 61.9 Å². The number of rotatable bonds is 7. The summed E-state index contributed by atoms with van der Waals surface area (Å²) in [5.74, 6) is -0.628. The summed E-state index contributed by atoms with van der Waals surface area (Å²) in [6.45, 7) is 9.77. The van der Waals surface area contributed by atoms with Crippen LogP contribution in [0.3, 0.4) is 0 Å². The van der Waals surface area contributed by atoms with Gasteiger partial charge in [-0.15, -0.1) is 0 Å². The second-order valence-electron chi connectivity index (χ2n) is 8.23. The molecule has 3 heterocycles. The van der Waals surface area contributed by atoms with Crippen LogP contribution in [0.4, 0.5) is 0 Å². The summed E-state index contributed by atoms with van der Waals surface area (Å²) in [6.07, 6.45) is 7.84. The summed E-state index contributed by atoms with van der Waals surface area (Å²) in [5.41, 5.74) is 3.53. The van der Waals surface area contributed by atoms with E-state index in [1.165, 1.54) is 6.08 Å². The van der Waals surface area contributed by atoms with E-state index in [2.05, 4.69) is 10.4 Å². The zero-order valence-corrected chi connectivity index (χ0v) is 20.1. The number of likely N-dealkylation sites (tertiary alicyclic amines) is 1. The van der Waals surface area contributed by atoms with E-state index in [9.17, 15) is 14.4 Å². The molecule has 0 atom stereocenters. The Labute approximate surface area is 194 Å². The number of nitrogens with one attached hydrogen (secondary N) is 1. The van der Waals surface area contributed by atoms with Crippen LogP contribution in [0.2, 0.25) is 0 Å². The van der Waals surface area contributed by atoms with Crippen molar-refractivity contribution in [1.29, 1.82) is 0 Å². The van der Waals surface area contributed by atoms with Gasteiger partial charge in [0.15, 0.2) is 0 Å². The number of aryl methyl sites for hydroxylation is 1. The van der Waals surface area contributed by atoms with E-state index < -0.39 is 0 Å². The van der Waals surface area contributed by atoms with Crippen LogP contribution in [-0.4, -0.2) is 62.8 Å². The second-order valence-corrected chi connectivity index (χ2v) is 8.23. The first-order valence-corrected chi connectivity index (χ1v) is 11.4. The number of amides is 2. The lowest BCUT2D eigenvalue weighted by molar-refractivity contribution is -0.127. The van der Waals surface area contributed by atoms with Crippen molar-refractivity contribution < 1.29 is 19.1 Å². The standard InChI is InChI=1S/C24H33N5O4/c1-6-29-16(3)20(22(17(29)4)24(32)33-7-2)8-9-21(30)28-12-10-19(11-13-28)26-23(31)18-14-25-27(5)15-18/h8-9,14-15,19H,6-7,10-13H2,1-5H3,(H,26,31)/b9-8+. The third-order valence-electron chi connectivity index (χ3n) is 6.13. The number of ether oxygens (including phenoxy) is 1. The van der Waals surface area contributed by atoms with Crippen LogP contribution in [0.5, 0.6) is 0 Å². The lowest BCUT2D eigenvalue weighted by Gasteiger charge is -2.31. The molecule has 0 spiro atoms. The van der Waals surface area contributed by atoms with Crippen molar-refractivity contribution in [2.24, 2.45) is 7.05 Å². The zero-order valence-electron chi connectivity index (χ0n) is 20.1. The maximum absolute atomic E-state index is 12.8. The predicted octanol–water partition coefficient (Wildman–Crippen LogP) is 2.47. The number of carbonyl (C=O) groups excluding carboxylic acids is 3. The highest BCUT2D eigenvalue weighted by molar-refractivity contribution is 5.99. The van der Waals surface area contributed by atoms with Gasteiger partial charge in [-0.2, -0.15) is 5.10 Å². The maximum atomic E-state index is 12.8. The highest BCUT2D eigenvalue weighted by Gasteiger charge is 2.25. The largest absolute Gasteiger partial charge is 0.462 e. The Morgan fingerprint density at radius 3 is 2.45 bits per heavy atom. The minimum atomic E-state index is -0.373. The highest BCUT2D eigenvalue weighted by atomic mass is 16.5. The van der Waals surface area contributed by atoms with Crippen LogP contribution >= 0.6 is 0 Å². The van der Waals surface area contributed by atoms with Gasteiger partial charge in [-0.05, 0) is 46.6 Å². The fourth-order valence-corrected chi connectivity index (χ4v) is 4.36. The van der Waals surface area contributed by atoms with Gasteiger partial charge >= 0.3 is 5.97 Å². The average molecular weight is 456 g/mol. The number of esters is 1. The molecule has 1 N–H and O–H groups in total. The molecular weight excluding hydrogens is 422 g/mol. The van der Waals surface area contributed by atoms with Crippen molar-refractivity contribution in [2.45, 2.75) is 53.1 Å². The van der Waals surface area contributed by atoms with Crippen molar-refractivity contribution >= 4 is 23.9 Å². The van der Waals surface area contributed by atoms with E-state index in [0.29, 0.717) is 43.7 Å². The van der Waals surface area contributed by atoms with E-state index in [0.717, 1.165) is 23.5 Å². The molecule has 2 aromatic heterocycles. The summed E-state index contributed by atoms with van der Waals surface area (Å²) in [6, 6.07) is 0.0182. The molecule has 9 heteroatoms. The molecule has 0 saturated carbocycles. The highest BCUT2D eigenvalue weighted by Crippen LogP contribution is 2.25. The average Bonchev–Trinajstić information content (AvgIpc) is 3.33. The molecule has 1 aliphatic heterocycles. The molecule has 2 aromatic rings. The van der Waals surface area contributed by atoms with Crippen LogP contribution in [-0.2, 0) is 23.1 Å². The monoisotopic (exact) mass is 455 g/mol. The normalized spacial score (nSPS) is 14.6. The Hall–Kier alpha value is -3.36. The number of nitrogens with zero attached hydrogens (tertiary/aromatic N) is 4. The summed E-state index contributed by atoms with van der Waals surface area (Å²) >= 11 is 0. The van der Waals surface area contributed by atoms with Crippen molar-refractivity contribution in [2.75, 3.05) is 19.7 Å². The molecule has 0 radical (unpaired) electrons. The van der Waals surface area contributed by atoms with E-state index in [1.54, 1.807) is 42.0 Å². The summed E-state index contributed by atoms with van der Waals surface area (Å²) in [4.78, 5) is 39.5. The Kier molecular flexibility index (Phi) is 7.73. The van der Waals surface area contributed by atoms with Gasteiger partial charge in [0.25, 0.3) is 5.91 Å². The first-order chi connectivity index (χ1) is 15.8. The second kappa shape index (κ2) is 10.5. The molecule has 3 rings (SSSR count). The smallest absolute Gasteiger partial charge is 0.340 e. The van der Waals surface area contributed by atoms with E-state index in [1.807, 2.05) is 25.3 Å². The molecular formula is C24H33N5O4. The molecule has 0 aromatic carbocycles. The molecule has 1 saturated heterocycles. The first-order valence-electron chi connectivity index (χ1n) is 11.4. The van der Waals surface area contributed by atoms with Crippen LogP contribution in [0.15, 0.2) is 18.5 Å². The van der Waals surface area contributed by atoms with Crippen molar-refractivity contribution in [3.63, 3.8) is 0 Å². The van der Waals surface area contributed by atoms with E-state index >= 15 is 0 Å². The van der Waals surface area contributed by atoms with Crippen LogP contribution in [0.1, 0.15) is 64.4 Å². The molecule has 2 amide bonds. The van der Waals surface area contributed by atoms with Gasteiger partial charge in [-0.1, -0.05) is 0 Å². The number of hydrogen-bond donors (Lipinski definition) is 1. The van der Waals surface area contributed by atoms with Crippen LogP contribution in [0, 0.1) is 13.8 Å². The van der Waals surface area contributed by atoms with Gasteiger partial charge in [0.2, 0.25) is 5.91 Å². The number of aromatic nitrogens is 3. The predicted molar refractivity (Wildman–Crippen MR) is 125 cm³/mol. The zero-order chi connectivity index (χ0) is 24.1. The summed E-state index contributed by atoms with van der Waals surface area (Å²) in [5, 5.41) is 7.04. The third-order valence-corrected chi connectivity index (χ3v) is 6.13. The molecule has 1 aliphatic rings. The fourth-order valence-electron chi connectivity index (χ4n) is 4.36. The number of carbonyl (C=O) groups is 3.